The molecule has 2 unspecified atom stereocenters. The lowest BCUT2D eigenvalue weighted by Gasteiger charge is -2.14. The van der Waals surface area contributed by atoms with E-state index in [4.69, 9.17) is 16.3 Å². The topological polar surface area (TPSA) is 38.3 Å². The van der Waals surface area contributed by atoms with E-state index in [-0.39, 0.29) is 6.04 Å². The Morgan fingerprint density at radius 1 is 1.44 bits per heavy atom. The van der Waals surface area contributed by atoms with Crippen molar-refractivity contribution in [3.63, 3.8) is 0 Å². The van der Waals surface area contributed by atoms with Crippen LogP contribution in [0.1, 0.15) is 0 Å². The van der Waals surface area contributed by atoms with Crippen LogP contribution in [0.2, 0.25) is 5.02 Å². The molecule has 1 N–H and O–H groups in total. The van der Waals surface area contributed by atoms with Gasteiger partial charge in [-0.2, -0.15) is 0 Å². The molecule has 0 bridgehead atoms. The smallest absolute Gasteiger partial charge is 0.0624 e. The fourth-order valence-electron chi connectivity index (χ4n) is 1.28. The summed E-state index contributed by atoms with van der Waals surface area (Å²) in [4.78, 5) is 0.792. The van der Waals surface area contributed by atoms with Gasteiger partial charge in [0.1, 0.15) is 0 Å². The third kappa shape index (κ3) is 4.22. The van der Waals surface area contributed by atoms with Crippen molar-refractivity contribution < 1.29 is 8.95 Å². The predicted octanol–water partition coefficient (Wildman–Crippen LogP) is 1.68. The van der Waals surface area contributed by atoms with Crippen LogP contribution in [-0.4, -0.2) is 36.8 Å². The van der Waals surface area contributed by atoms with Gasteiger partial charge in [0.05, 0.1) is 17.4 Å². The summed E-state index contributed by atoms with van der Waals surface area (Å²) in [6.07, 6.45) is 0. The van der Waals surface area contributed by atoms with Crippen LogP contribution in [0.5, 0.6) is 0 Å². The Bertz CT molecular complexity index is 342. The van der Waals surface area contributed by atoms with Crippen molar-refractivity contribution in [2.75, 3.05) is 26.5 Å². The van der Waals surface area contributed by atoms with Gasteiger partial charge in [0.2, 0.25) is 0 Å². The van der Waals surface area contributed by atoms with Crippen molar-refractivity contribution in [3.8, 4) is 0 Å². The molecule has 0 amide bonds. The summed E-state index contributed by atoms with van der Waals surface area (Å²) in [6, 6.07) is 7.18. The minimum atomic E-state index is -1.02. The van der Waals surface area contributed by atoms with Gasteiger partial charge in [-0.3, -0.25) is 4.21 Å². The molecule has 0 saturated heterocycles. The molecule has 2 atom stereocenters. The summed E-state index contributed by atoms with van der Waals surface area (Å²) in [5.41, 5.74) is 0. The Labute approximate surface area is 104 Å². The number of benzene rings is 1. The van der Waals surface area contributed by atoms with Crippen LogP contribution in [-0.2, 0) is 15.5 Å². The van der Waals surface area contributed by atoms with Crippen molar-refractivity contribution >= 4 is 22.4 Å². The molecular weight excluding hydrogens is 246 g/mol. The third-order valence-corrected chi connectivity index (χ3v) is 3.96. The first-order chi connectivity index (χ1) is 7.67. The zero-order valence-electron chi connectivity index (χ0n) is 9.40. The molecule has 1 aromatic rings. The van der Waals surface area contributed by atoms with Crippen LogP contribution >= 0.6 is 11.6 Å². The summed E-state index contributed by atoms with van der Waals surface area (Å²) < 4.78 is 17.0. The molecule has 0 saturated carbocycles. The number of methoxy groups -OCH3 is 1. The number of hydrogen-bond acceptors (Lipinski definition) is 3. The van der Waals surface area contributed by atoms with Gasteiger partial charge in [0.25, 0.3) is 0 Å². The van der Waals surface area contributed by atoms with Gasteiger partial charge in [-0.1, -0.05) is 11.6 Å². The van der Waals surface area contributed by atoms with Crippen molar-refractivity contribution in [2.45, 2.75) is 10.9 Å². The standard InChI is InChI=1S/C11H16ClNO2S/c1-13-10(7-15-2)8-16(14)11-5-3-9(12)4-6-11/h3-6,10,13H,7-8H2,1-2H3. The van der Waals surface area contributed by atoms with E-state index in [9.17, 15) is 4.21 Å². The monoisotopic (exact) mass is 261 g/mol. The van der Waals surface area contributed by atoms with Crippen LogP contribution in [0.4, 0.5) is 0 Å². The minimum Gasteiger partial charge on any atom is -0.383 e. The molecule has 16 heavy (non-hydrogen) atoms. The average Bonchev–Trinajstić information content (AvgIpc) is 2.29. The van der Waals surface area contributed by atoms with Gasteiger partial charge in [-0.25, -0.2) is 0 Å². The highest BCUT2D eigenvalue weighted by Gasteiger charge is 2.11. The second-order valence-corrected chi connectivity index (χ2v) is 5.34. The SMILES string of the molecule is CNC(COC)CS(=O)c1ccc(Cl)cc1. The molecule has 90 valence electrons. The molecule has 0 heterocycles. The maximum atomic E-state index is 12.0. The molecule has 0 fully saturated rings. The molecule has 5 heteroatoms. The van der Waals surface area contributed by atoms with Crippen LogP contribution < -0.4 is 5.32 Å². The highest BCUT2D eigenvalue weighted by atomic mass is 35.5. The first-order valence-corrected chi connectivity index (χ1v) is 6.67. The molecule has 1 aromatic carbocycles. The van der Waals surface area contributed by atoms with Gasteiger partial charge in [0.15, 0.2) is 0 Å². The van der Waals surface area contributed by atoms with Gasteiger partial charge in [-0.15, -0.1) is 0 Å². The number of rotatable bonds is 6. The van der Waals surface area contributed by atoms with E-state index in [1.165, 1.54) is 0 Å². The van der Waals surface area contributed by atoms with Crippen molar-refractivity contribution in [3.05, 3.63) is 29.3 Å². The molecule has 0 radical (unpaired) electrons. The van der Waals surface area contributed by atoms with Crippen LogP contribution in [0.25, 0.3) is 0 Å². The first-order valence-electron chi connectivity index (χ1n) is 4.97. The Morgan fingerprint density at radius 2 is 2.06 bits per heavy atom. The molecule has 1 rings (SSSR count). The summed E-state index contributed by atoms with van der Waals surface area (Å²) in [6.45, 7) is 0.551. The predicted molar refractivity (Wildman–Crippen MR) is 67.5 cm³/mol. The fourth-order valence-corrected chi connectivity index (χ4v) is 2.67. The summed E-state index contributed by atoms with van der Waals surface area (Å²) in [7, 11) is 2.45. The van der Waals surface area contributed by atoms with Crippen molar-refractivity contribution in [1.82, 2.24) is 5.32 Å². The quantitative estimate of drug-likeness (QED) is 0.847. The largest absolute Gasteiger partial charge is 0.383 e. The molecule has 0 aliphatic rings. The van der Waals surface area contributed by atoms with Crippen LogP contribution in [0.3, 0.4) is 0 Å². The Balaban J connectivity index is 2.60. The summed E-state index contributed by atoms with van der Waals surface area (Å²) in [5.74, 6) is 0.534. The number of halogens is 1. The molecule has 0 spiro atoms. The Hall–Kier alpha value is -0.420. The zero-order valence-corrected chi connectivity index (χ0v) is 11.0. The van der Waals surface area contributed by atoms with Crippen molar-refractivity contribution in [2.24, 2.45) is 0 Å². The highest BCUT2D eigenvalue weighted by molar-refractivity contribution is 7.85. The maximum absolute atomic E-state index is 12.0. The number of likely N-dealkylation sites (N-methyl/N-ethyl adjacent to an activating group) is 1. The summed E-state index contributed by atoms with van der Waals surface area (Å²) in [5, 5.41) is 3.73. The van der Waals surface area contributed by atoms with Gasteiger partial charge in [0, 0.05) is 28.8 Å². The number of ether oxygens (including phenoxy) is 1. The Kier molecular flexibility index (Phi) is 5.98. The zero-order chi connectivity index (χ0) is 12.0. The van der Waals surface area contributed by atoms with Crippen LogP contribution in [0, 0.1) is 0 Å². The van der Waals surface area contributed by atoms with Gasteiger partial charge in [-0.05, 0) is 31.3 Å². The maximum Gasteiger partial charge on any atom is 0.0624 e. The normalized spacial score (nSPS) is 14.7. The van der Waals surface area contributed by atoms with E-state index in [0.29, 0.717) is 17.4 Å². The van der Waals surface area contributed by atoms with Crippen LogP contribution in [0.15, 0.2) is 29.2 Å². The lowest BCUT2D eigenvalue weighted by atomic mass is 10.4. The number of hydrogen-bond donors (Lipinski definition) is 1. The summed E-state index contributed by atoms with van der Waals surface area (Å²) >= 11 is 5.77. The van der Waals surface area contributed by atoms with E-state index < -0.39 is 10.8 Å². The molecule has 0 aromatic heterocycles. The van der Waals surface area contributed by atoms with E-state index in [0.717, 1.165) is 4.90 Å². The van der Waals surface area contributed by atoms with E-state index in [1.54, 1.807) is 31.4 Å². The van der Waals surface area contributed by atoms with Crippen molar-refractivity contribution in [1.29, 1.82) is 0 Å². The fraction of sp³-hybridized carbons (Fsp3) is 0.455. The molecular formula is C11H16ClNO2S. The second-order valence-electron chi connectivity index (χ2n) is 3.41. The molecule has 0 aliphatic heterocycles. The highest BCUT2D eigenvalue weighted by Crippen LogP contribution is 2.13. The average molecular weight is 262 g/mol. The van der Waals surface area contributed by atoms with Gasteiger partial charge >= 0.3 is 0 Å². The molecule has 0 aliphatic carbocycles. The third-order valence-electron chi connectivity index (χ3n) is 2.21. The lowest BCUT2D eigenvalue weighted by molar-refractivity contribution is 0.176. The Morgan fingerprint density at radius 3 is 2.56 bits per heavy atom. The minimum absolute atomic E-state index is 0.0986. The van der Waals surface area contributed by atoms with E-state index >= 15 is 0 Å². The van der Waals surface area contributed by atoms with E-state index in [2.05, 4.69) is 5.32 Å². The molecule has 3 nitrogen and oxygen atoms in total. The van der Waals surface area contributed by atoms with E-state index in [1.807, 2.05) is 7.05 Å². The first kappa shape index (κ1) is 13.6. The lowest BCUT2D eigenvalue weighted by Crippen LogP contribution is -2.35. The van der Waals surface area contributed by atoms with Gasteiger partial charge < -0.3 is 10.1 Å². The number of nitrogens with one attached hydrogen (secondary N) is 1. The second kappa shape index (κ2) is 7.01.